The summed E-state index contributed by atoms with van der Waals surface area (Å²) in [5.41, 5.74) is 0. The molecule has 0 bridgehead atoms. The van der Waals surface area contributed by atoms with Crippen LogP contribution in [0.4, 0.5) is 0 Å². The molecule has 0 fully saturated rings. The minimum atomic E-state index is 0.323. The summed E-state index contributed by atoms with van der Waals surface area (Å²) in [6, 6.07) is 12.0. The van der Waals surface area contributed by atoms with E-state index in [-0.39, 0.29) is 0 Å². The van der Waals surface area contributed by atoms with E-state index in [1.54, 1.807) is 6.92 Å². The lowest BCUT2D eigenvalue weighted by Crippen LogP contribution is -2.02. The first-order valence-electron chi connectivity index (χ1n) is 5.70. The van der Waals surface area contributed by atoms with Gasteiger partial charge in [-0.15, -0.1) is 0 Å². The van der Waals surface area contributed by atoms with E-state index < -0.39 is 0 Å². The lowest BCUT2D eigenvalue weighted by atomic mass is 9.98. The molecule has 1 heteroatoms. The lowest BCUT2D eigenvalue weighted by Gasteiger charge is -2.07. The summed E-state index contributed by atoms with van der Waals surface area (Å²) in [6.45, 7) is 5.94. The Hall–Kier alpha value is -1.11. The van der Waals surface area contributed by atoms with Crippen LogP contribution in [0, 0.1) is 5.92 Å². The van der Waals surface area contributed by atoms with Crippen molar-refractivity contribution in [2.24, 2.45) is 5.92 Å². The highest BCUT2D eigenvalue weighted by Crippen LogP contribution is 2.11. The second kappa shape index (κ2) is 9.45. The first-order chi connectivity index (χ1) is 7.20. The maximum Gasteiger partial charge on any atom is 0.130 e. The second-order valence-electron chi connectivity index (χ2n) is 3.74. The van der Waals surface area contributed by atoms with Crippen molar-refractivity contribution in [2.75, 3.05) is 0 Å². The topological polar surface area (TPSA) is 17.1 Å². The van der Waals surface area contributed by atoms with Gasteiger partial charge in [0.05, 0.1) is 0 Å². The molecule has 0 N–H and O–H groups in total. The van der Waals surface area contributed by atoms with Gasteiger partial charge in [-0.25, -0.2) is 0 Å². The minimum absolute atomic E-state index is 0.323. The molecule has 0 saturated heterocycles. The Kier molecular flexibility index (Phi) is 8.75. The van der Waals surface area contributed by atoms with Gasteiger partial charge in [0.15, 0.2) is 0 Å². The van der Waals surface area contributed by atoms with Crippen LogP contribution in [0.5, 0.6) is 0 Å². The van der Waals surface area contributed by atoms with Crippen LogP contribution >= 0.6 is 0 Å². The number of carbonyl (C=O) groups excluding carboxylic acids is 1. The van der Waals surface area contributed by atoms with Gasteiger partial charge in [-0.05, 0) is 12.8 Å². The monoisotopic (exact) mass is 206 g/mol. The van der Waals surface area contributed by atoms with Gasteiger partial charge >= 0.3 is 0 Å². The van der Waals surface area contributed by atoms with E-state index in [0.717, 1.165) is 19.3 Å². The second-order valence-corrected chi connectivity index (χ2v) is 3.74. The third kappa shape index (κ3) is 9.20. The first-order valence-corrected chi connectivity index (χ1v) is 5.70. The highest BCUT2D eigenvalue weighted by molar-refractivity contribution is 5.75. The molecule has 0 radical (unpaired) electrons. The van der Waals surface area contributed by atoms with E-state index in [1.807, 2.05) is 36.4 Å². The van der Waals surface area contributed by atoms with Crippen LogP contribution in [0.25, 0.3) is 0 Å². The molecular formula is C14H22O. The predicted molar refractivity (Wildman–Crippen MR) is 65.8 cm³/mol. The fraction of sp³-hybridized carbons (Fsp3) is 0.500. The third-order valence-electron chi connectivity index (χ3n) is 2.40. The Balaban J connectivity index is 0.000000280. The van der Waals surface area contributed by atoms with E-state index in [1.165, 1.54) is 0 Å². The third-order valence-corrected chi connectivity index (χ3v) is 2.40. The zero-order valence-electron chi connectivity index (χ0n) is 10.1. The smallest absolute Gasteiger partial charge is 0.130 e. The van der Waals surface area contributed by atoms with Crippen molar-refractivity contribution < 1.29 is 4.79 Å². The number of ketones is 1. The van der Waals surface area contributed by atoms with E-state index >= 15 is 0 Å². The van der Waals surface area contributed by atoms with Crippen LogP contribution < -0.4 is 0 Å². The highest BCUT2D eigenvalue weighted by atomic mass is 16.1. The average molecular weight is 206 g/mol. The van der Waals surface area contributed by atoms with Gasteiger partial charge < -0.3 is 4.79 Å². The maximum absolute atomic E-state index is 10.6. The molecule has 15 heavy (non-hydrogen) atoms. The van der Waals surface area contributed by atoms with Crippen molar-refractivity contribution in [3.8, 4) is 0 Å². The predicted octanol–water partition coefficient (Wildman–Crippen LogP) is 4.09. The number of carbonyl (C=O) groups is 1. The molecule has 1 nitrogen and oxygen atoms in total. The molecule has 0 atom stereocenters. The normalized spacial score (nSPS) is 9.33. The Morgan fingerprint density at radius 2 is 1.27 bits per heavy atom. The summed E-state index contributed by atoms with van der Waals surface area (Å²) in [6.07, 6.45) is 3.04. The largest absolute Gasteiger partial charge is 0.300 e. The van der Waals surface area contributed by atoms with Crippen LogP contribution in [0.15, 0.2) is 36.4 Å². The molecule has 0 aliphatic heterocycles. The molecule has 0 saturated carbocycles. The molecule has 0 aromatic heterocycles. The lowest BCUT2D eigenvalue weighted by molar-refractivity contribution is -0.117. The first kappa shape index (κ1) is 13.9. The molecule has 1 rings (SSSR count). The zero-order valence-corrected chi connectivity index (χ0v) is 10.1. The minimum Gasteiger partial charge on any atom is -0.300 e. The number of rotatable bonds is 4. The van der Waals surface area contributed by atoms with Gasteiger partial charge in [0.1, 0.15) is 5.78 Å². The summed E-state index contributed by atoms with van der Waals surface area (Å²) in [5.74, 6) is 0.950. The van der Waals surface area contributed by atoms with E-state index in [9.17, 15) is 4.79 Å². The standard InChI is InChI=1S/C8H16O.C6H6/c1-4-8(5-2)6-7(3)9;1-2-4-6-5-3-1/h8H,4-6H2,1-3H3;1-6H. The van der Waals surface area contributed by atoms with Crippen molar-refractivity contribution in [3.05, 3.63) is 36.4 Å². The fourth-order valence-corrected chi connectivity index (χ4v) is 1.37. The Morgan fingerprint density at radius 3 is 1.40 bits per heavy atom. The van der Waals surface area contributed by atoms with Gasteiger partial charge in [0.25, 0.3) is 0 Å². The molecule has 0 aliphatic carbocycles. The van der Waals surface area contributed by atoms with Crippen LogP contribution in [-0.4, -0.2) is 5.78 Å². The Labute approximate surface area is 93.5 Å². The molecule has 0 heterocycles. The Bertz CT molecular complexity index is 210. The summed E-state index contributed by atoms with van der Waals surface area (Å²) in [7, 11) is 0. The van der Waals surface area contributed by atoms with Crippen LogP contribution in [0.1, 0.15) is 40.0 Å². The van der Waals surface area contributed by atoms with E-state index in [0.29, 0.717) is 11.7 Å². The van der Waals surface area contributed by atoms with Gasteiger partial charge in [-0.3, -0.25) is 0 Å². The van der Waals surface area contributed by atoms with Crippen LogP contribution in [0.2, 0.25) is 0 Å². The number of hydrogen-bond acceptors (Lipinski definition) is 1. The van der Waals surface area contributed by atoms with Crippen molar-refractivity contribution in [3.63, 3.8) is 0 Å². The van der Waals surface area contributed by atoms with Gasteiger partial charge in [-0.1, -0.05) is 63.1 Å². The van der Waals surface area contributed by atoms with Crippen molar-refractivity contribution in [2.45, 2.75) is 40.0 Å². The number of Topliss-reactive ketones (excluding diaryl/α,β-unsaturated/α-hetero) is 1. The summed E-state index contributed by atoms with van der Waals surface area (Å²) < 4.78 is 0. The average Bonchev–Trinajstić information content (AvgIpc) is 2.29. The summed E-state index contributed by atoms with van der Waals surface area (Å²) in [4.78, 5) is 10.6. The molecular weight excluding hydrogens is 184 g/mol. The van der Waals surface area contributed by atoms with Crippen molar-refractivity contribution in [1.82, 2.24) is 0 Å². The van der Waals surface area contributed by atoms with Gasteiger partial charge in [0, 0.05) is 6.42 Å². The van der Waals surface area contributed by atoms with Crippen LogP contribution in [-0.2, 0) is 4.79 Å². The summed E-state index contributed by atoms with van der Waals surface area (Å²) in [5, 5.41) is 0. The van der Waals surface area contributed by atoms with Crippen molar-refractivity contribution >= 4 is 5.78 Å². The number of hydrogen-bond donors (Lipinski definition) is 0. The molecule has 84 valence electrons. The van der Waals surface area contributed by atoms with Crippen LogP contribution in [0.3, 0.4) is 0 Å². The fourth-order valence-electron chi connectivity index (χ4n) is 1.37. The van der Waals surface area contributed by atoms with Gasteiger partial charge in [0.2, 0.25) is 0 Å². The van der Waals surface area contributed by atoms with Crippen molar-refractivity contribution in [1.29, 1.82) is 0 Å². The molecule has 0 unspecified atom stereocenters. The SMILES string of the molecule is CCC(CC)CC(C)=O.c1ccccc1. The molecule has 1 aromatic rings. The molecule has 0 spiro atoms. The maximum atomic E-state index is 10.6. The zero-order chi connectivity index (χ0) is 11.5. The Morgan fingerprint density at radius 1 is 0.933 bits per heavy atom. The quantitative estimate of drug-likeness (QED) is 0.725. The molecule has 0 aliphatic rings. The van der Waals surface area contributed by atoms with E-state index in [2.05, 4.69) is 13.8 Å². The molecule has 0 amide bonds. The number of benzene rings is 1. The highest BCUT2D eigenvalue weighted by Gasteiger charge is 2.04. The van der Waals surface area contributed by atoms with Gasteiger partial charge in [-0.2, -0.15) is 0 Å². The molecule has 1 aromatic carbocycles. The van der Waals surface area contributed by atoms with E-state index in [4.69, 9.17) is 0 Å². The summed E-state index contributed by atoms with van der Waals surface area (Å²) >= 11 is 0.